The predicted molar refractivity (Wildman–Crippen MR) is 98.1 cm³/mol. The molecule has 0 unspecified atom stereocenters. The summed E-state index contributed by atoms with van der Waals surface area (Å²) in [6, 6.07) is 10.5. The van der Waals surface area contributed by atoms with Gasteiger partial charge in [-0.05, 0) is 40.8 Å². The number of pyridine rings is 1. The molecule has 0 aliphatic rings. The van der Waals surface area contributed by atoms with Gasteiger partial charge in [0.2, 0.25) is 0 Å². The van der Waals surface area contributed by atoms with Gasteiger partial charge in [-0.15, -0.1) is 5.10 Å². The van der Waals surface area contributed by atoms with Crippen molar-refractivity contribution in [3.8, 4) is 11.5 Å². The van der Waals surface area contributed by atoms with E-state index in [9.17, 15) is 9.90 Å². The van der Waals surface area contributed by atoms with E-state index >= 15 is 0 Å². The second kappa shape index (κ2) is 9.62. The first-order chi connectivity index (χ1) is 13.7. The van der Waals surface area contributed by atoms with Crippen molar-refractivity contribution in [1.29, 1.82) is 0 Å². The topological polar surface area (TPSA) is 120 Å². The summed E-state index contributed by atoms with van der Waals surface area (Å²) >= 11 is 0. The van der Waals surface area contributed by atoms with Gasteiger partial charge in [0, 0.05) is 24.8 Å². The molecule has 0 saturated carbocycles. The second-order valence-corrected chi connectivity index (χ2v) is 5.85. The van der Waals surface area contributed by atoms with E-state index in [2.05, 4.69) is 25.6 Å². The Bertz CT molecular complexity index is 899. The molecule has 10 heteroatoms. The van der Waals surface area contributed by atoms with Gasteiger partial charge >= 0.3 is 5.97 Å². The molecule has 2 heterocycles. The monoisotopic (exact) mass is 387 g/mol. The summed E-state index contributed by atoms with van der Waals surface area (Å²) < 4.78 is 16.9. The molecule has 0 aliphatic heterocycles. The van der Waals surface area contributed by atoms with E-state index in [1.807, 2.05) is 0 Å². The number of tetrazole rings is 1. The number of nitrogens with one attached hydrogen (secondary N) is 1. The molecule has 0 saturated heterocycles. The summed E-state index contributed by atoms with van der Waals surface area (Å²) in [6.45, 7) is 1.23. The molecule has 0 spiro atoms. The minimum absolute atomic E-state index is 0.136. The summed E-state index contributed by atoms with van der Waals surface area (Å²) in [6.07, 6.45) is 1.02. The smallest absolute Gasteiger partial charge is 0.343 e. The number of rotatable bonds is 10. The lowest BCUT2D eigenvalue weighted by molar-refractivity contribution is -0.142. The third-order valence-electron chi connectivity index (χ3n) is 3.89. The van der Waals surface area contributed by atoms with E-state index in [0.717, 1.165) is 5.56 Å². The summed E-state index contributed by atoms with van der Waals surface area (Å²) in [5.41, 5.74) is 1.34. The molecule has 10 nitrogen and oxygen atoms in total. The SMILES string of the molecule is COC(=O)COc1ccc(OCCNC[C@H](O)c2ccc3nnnn3c2)cc1. The second-order valence-electron chi connectivity index (χ2n) is 5.85. The lowest BCUT2D eigenvalue weighted by Crippen LogP contribution is -2.26. The van der Waals surface area contributed by atoms with Crippen molar-refractivity contribution >= 4 is 11.6 Å². The van der Waals surface area contributed by atoms with E-state index in [0.29, 0.717) is 36.8 Å². The van der Waals surface area contributed by atoms with Gasteiger partial charge in [-0.2, -0.15) is 0 Å². The highest BCUT2D eigenvalue weighted by Gasteiger charge is 2.09. The molecule has 148 valence electrons. The Kier molecular flexibility index (Phi) is 6.71. The van der Waals surface area contributed by atoms with Crippen LogP contribution in [0.4, 0.5) is 0 Å². The van der Waals surface area contributed by atoms with Gasteiger partial charge in [0.25, 0.3) is 0 Å². The first-order valence-electron chi connectivity index (χ1n) is 8.64. The minimum Gasteiger partial charge on any atom is -0.492 e. The van der Waals surface area contributed by atoms with Gasteiger partial charge in [-0.3, -0.25) is 0 Å². The number of esters is 1. The Morgan fingerprint density at radius 3 is 2.68 bits per heavy atom. The number of fused-ring (bicyclic) bond motifs is 1. The summed E-state index contributed by atoms with van der Waals surface area (Å²) in [5, 5.41) is 24.6. The van der Waals surface area contributed by atoms with E-state index in [1.54, 1.807) is 42.6 Å². The van der Waals surface area contributed by atoms with Crippen LogP contribution in [0.5, 0.6) is 11.5 Å². The molecule has 0 bridgehead atoms. The van der Waals surface area contributed by atoms with Crippen LogP contribution in [0.1, 0.15) is 11.7 Å². The lowest BCUT2D eigenvalue weighted by atomic mass is 10.1. The Morgan fingerprint density at radius 1 is 1.18 bits per heavy atom. The Balaban J connectivity index is 1.35. The van der Waals surface area contributed by atoms with Crippen LogP contribution < -0.4 is 14.8 Å². The van der Waals surface area contributed by atoms with Gasteiger partial charge in [0.1, 0.15) is 18.1 Å². The quantitative estimate of drug-likeness (QED) is 0.376. The standard InChI is InChI=1S/C18H21N5O5/c1-26-18(25)12-28-15-5-3-14(4-6-15)27-9-8-19-10-16(24)13-2-7-17-20-21-22-23(17)11-13/h2-7,11,16,19,24H,8-10,12H2,1H3/t16-/m0/s1. The summed E-state index contributed by atoms with van der Waals surface area (Å²) in [7, 11) is 1.31. The zero-order valence-corrected chi connectivity index (χ0v) is 15.3. The fourth-order valence-corrected chi connectivity index (χ4v) is 2.39. The fourth-order valence-electron chi connectivity index (χ4n) is 2.39. The molecule has 0 radical (unpaired) electrons. The number of carbonyl (C=O) groups is 1. The third-order valence-corrected chi connectivity index (χ3v) is 3.89. The maximum Gasteiger partial charge on any atom is 0.343 e. The number of benzene rings is 1. The lowest BCUT2D eigenvalue weighted by Gasteiger charge is -2.13. The number of aliphatic hydroxyl groups is 1. The highest BCUT2D eigenvalue weighted by Crippen LogP contribution is 2.17. The summed E-state index contributed by atoms with van der Waals surface area (Å²) in [5.74, 6) is 0.793. The van der Waals surface area contributed by atoms with Gasteiger partial charge in [0.15, 0.2) is 12.3 Å². The van der Waals surface area contributed by atoms with Crippen molar-refractivity contribution in [1.82, 2.24) is 25.4 Å². The Hall–Kier alpha value is -3.24. The van der Waals surface area contributed by atoms with Gasteiger partial charge < -0.3 is 24.6 Å². The molecule has 0 aliphatic carbocycles. The van der Waals surface area contributed by atoms with Crippen LogP contribution in [0.25, 0.3) is 5.65 Å². The van der Waals surface area contributed by atoms with Gasteiger partial charge in [-0.1, -0.05) is 6.07 Å². The number of carbonyl (C=O) groups excluding carboxylic acids is 1. The number of aromatic nitrogens is 4. The molecule has 2 N–H and O–H groups in total. The molecule has 28 heavy (non-hydrogen) atoms. The molecule has 1 atom stereocenters. The van der Waals surface area contributed by atoms with Crippen molar-refractivity contribution in [3.05, 3.63) is 48.2 Å². The zero-order chi connectivity index (χ0) is 19.8. The number of aliphatic hydroxyl groups excluding tert-OH is 1. The maximum absolute atomic E-state index is 11.0. The number of nitrogens with zero attached hydrogens (tertiary/aromatic N) is 4. The van der Waals surface area contributed by atoms with E-state index < -0.39 is 12.1 Å². The molecular weight excluding hydrogens is 366 g/mol. The first-order valence-corrected chi connectivity index (χ1v) is 8.64. The van der Waals surface area contributed by atoms with Crippen LogP contribution in [0, 0.1) is 0 Å². The van der Waals surface area contributed by atoms with E-state index in [-0.39, 0.29) is 6.61 Å². The van der Waals surface area contributed by atoms with Gasteiger partial charge in [-0.25, -0.2) is 9.31 Å². The van der Waals surface area contributed by atoms with E-state index in [4.69, 9.17) is 9.47 Å². The molecule has 1 aromatic carbocycles. The van der Waals surface area contributed by atoms with Crippen molar-refractivity contribution in [2.75, 3.05) is 33.4 Å². The number of hydrogen-bond donors (Lipinski definition) is 2. The van der Waals surface area contributed by atoms with Crippen LogP contribution in [-0.2, 0) is 9.53 Å². The Morgan fingerprint density at radius 2 is 1.93 bits per heavy atom. The average Bonchev–Trinajstić information content (AvgIpc) is 3.20. The maximum atomic E-state index is 11.0. The largest absolute Gasteiger partial charge is 0.492 e. The fraction of sp³-hybridized carbons (Fsp3) is 0.333. The average molecular weight is 387 g/mol. The van der Waals surface area contributed by atoms with Gasteiger partial charge in [0.05, 0.1) is 13.2 Å². The molecule has 0 fully saturated rings. The molecule has 0 amide bonds. The van der Waals surface area contributed by atoms with Crippen molar-refractivity contribution in [2.24, 2.45) is 0 Å². The number of ether oxygens (including phenoxy) is 3. The Labute approximate surface area is 161 Å². The number of hydrogen-bond acceptors (Lipinski definition) is 9. The third kappa shape index (κ3) is 5.38. The van der Waals surface area contributed by atoms with Crippen LogP contribution in [-0.4, -0.2) is 64.5 Å². The van der Waals surface area contributed by atoms with Crippen LogP contribution >= 0.6 is 0 Å². The zero-order valence-electron chi connectivity index (χ0n) is 15.3. The van der Waals surface area contributed by atoms with Crippen molar-refractivity contribution in [2.45, 2.75) is 6.10 Å². The first kappa shape index (κ1) is 19.5. The highest BCUT2D eigenvalue weighted by atomic mass is 16.6. The van der Waals surface area contributed by atoms with Crippen molar-refractivity contribution < 1.29 is 24.1 Å². The van der Waals surface area contributed by atoms with E-state index in [1.165, 1.54) is 11.6 Å². The minimum atomic E-state index is -0.681. The van der Waals surface area contributed by atoms with Crippen LogP contribution in [0.15, 0.2) is 42.6 Å². The molecule has 3 rings (SSSR count). The number of methoxy groups -OCH3 is 1. The molecular formula is C18H21N5O5. The summed E-state index contributed by atoms with van der Waals surface area (Å²) in [4.78, 5) is 11.0. The molecule has 3 aromatic rings. The normalized spacial score (nSPS) is 11.9. The van der Waals surface area contributed by atoms with Crippen LogP contribution in [0.2, 0.25) is 0 Å². The van der Waals surface area contributed by atoms with Crippen LogP contribution in [0.3, 0.4) is 0 Å². The highest BCUT2D eigenvalue weighted by molar-refractivity contribution is 5.70. The van der Waals surface area contributed by atoms with Crippen molar-refractivity contribution in [3.63, 3.8) is 0 Å². The predicted octanol–water partition coefficient (Wildman–Crippen LogP) is 0.378. The molecule has 2 aromatic heterocycles.